The SMILES string of the molecule is CCOc1ccc(NC(=O)C(=O)N(C)c2ccccc2)cc1. The maximum Gasteiger partial charge on any atom is 0.316 e. The van der Waals surface area contributed by atoms with Crippen molar-refractivity contribution in [3.63, 3.8) is 0 Å². The van der Waals surface area contributed by atoms with Crippen molar-refractivity contribution in [3.8, 4) is 5.75 Å². The number of hydrogen-bond acceptors (Lipinski definition) is 3. The molecule has 0 atom stereocenters. The number of carbonyl (C=O) groups is 2. The number of ether oxygens (including phenoxy) is 1. The van der Waals surface area contributed by atoms with E-state index >= 15 is 0 Å². The molecule has 2 aromatic rings. The summed E-state index contributed by atoms with van der Waals surface area (Å²) in [5.41, 5.74) is 1.21. The van der Waals surface area contributed by atoms with E-state index in [4.69, 9.17) is 4.74 Å². The van der Waals surface area contributed by atoms with E-state index in [1.807, 2.05) is 25.1 Å². The summed E-state index contributed by atoms with van der Waals surface area (Å²) in [7, 11) is 1.56. The van der Waals surface area contributed by atoms with Crippen molar-refractivity contribution in [2.24, 2.45) is 0 Å². The molecule has 2 rings (SSSR count). The number of nitrogens with one attached hydrogen (secondary N) is 1. The minimum atomic E-state index is -0.685. The predicted octanol–water partition coefficient (Wildman–Crippen LogP) is 2.69. The van der Waals surface area contributed by atoms with Gasteiger partial charge in [-0.05, 0) is 43.3 Å². The number of hydrogen-bond donors (Lipinski definition) is 1. The lowest BCUT2D eigenvalue weighted by Gasteiger charge is -2.16. The number of likely N-dealkylation sites (N-methyl/N-ethyl adjacent to an activating group) is 1. The van der Waals surface area contributed by atoms with Gasteiger partial charge in [0.2, 0.25) is 0 Å². The van der Waals surface area contributed by atoms with Crippen molar-refractivity contribution in [2.75, 3.05) is 23.9 Å². The van der Waals surface area contributed by atoms with E-state index in [9.17, 15) is 9.59 Å². The zero-order valence-corrected chi connectivity index (χ0v) is 12.6. The molecule has 5 nitrogen and oxygen atoms in total. The number of para-hydroxylation sites is 1. The number of carbonyl (C=O) groups excluding carboxylic acids is 2. The largest absolute Gasteiger partial charge is 0.494 e. The fourth-order valence-electron chi connectivity index (χ4n) is 1.91. The minimum Gasteiger partial charge on any atom is -0.494 e. The lowest BCUT2D eigenvalue weighted by molar-refractivity contribution is -0.134. The van der Waals surface area contributed by atoms with Crippen LogP contribution in [0.25, 0.3) is 0 Å². The number of anilines is 2. The van der Waals surface area contributed by atoms with Crippen molar-refractivity contribution < 1.29 is 14.3 Å². The maximum atomic E-state index is 12.1. The third kappa shape index (κ3) is 3.85. The highest BCUT2D eigenvalue weighted by molar-refractivity contribution is 6.44. The van der Waals surface area contributed by atoms with Crippen LogP contribution in [0.2, 0.25) is 0 Å². The van der Waals surface area contributed by atoms with Gasteiger partial charge in [-0.15, -0.1) is 0 Å². The Morgan fingerprint density at radius 3 is 2.27 bits per heavy atom. The summed E-state index contributed by atoms with van der Waals surface area (Å²) >= 11 is 0. The van der Waals surface area contributed by atoms with Gasteiger partial charge >= 0.3 is 11.8 Å². The molecule has 0 fully saturated rings. The Morgan fingerprint density at radius 2 is 1.68 bits per heavy atom. The summed E-state index contributed by atoms with van der Waals surface area (Å²) < 4.78 is 5.32. The molecule has 5 heteroatoms. The second-order valence-electron chi connectivity index (χ2n) is 4.61. The van der Waals surface area contributed by atoms with E-state index in [-0.39, 0.29) is 0 Å². The maximum absolute atomic E-state index is 12.1. The Hall–Kier alpha value is -2.82. The van der Waals surface area contributed by atoms with Crippen LogP contribution in [-0.2, 0) is 9.59 Å². The van der Waals surface area contributed by atoms with E-state index in [0.717, 1.165) is 0 Å². The van der Waals surface area contributed by atoms with Gasteiger partial charge in [0.1, 0.15) is 5.75 Å². The van der Waals surface area contributed by atoms with Gasteiger partial charge < -0.3 is 15.0 Å². The number of benzene rings is 2. The molecule has 0 radical (unpaired) electrons. The first-order valence-electron chi connectivity index (χ1n) is 6.98. The van der Waals surface area contributed by atoms with Gasteiger partial charge in [0.15, 0.2) is 0 Å². The van der Waals surface area contributed by atoms with Crippen molar-refractivity contribution in [2.45, 2.75) is 6.92 Å². The summed E-state index contributed by atoms with van der Waals surface area (Å²) in [5.74, 6) is -0.594. The van der Waals surface area contributed by atoms with Gasteiger partial charge in [-0.3, -0.25) is 9.59 Å². The first kappa shape index (κ1) is 15.6. The molecule has 0 aliphatic heterocycles. The molecule has 114 valence electrons. The highest BCUT2D eigenvalue weighted by Gasteiger charge is 2.19. The molecule has 0 spiro atoms. The molecule has 0 aliphatic rings. The van der Waals surface area contributed by atoms with Crippen LogP contribution in [0.15, 0.2) is 54.6 Å². The number of rotatable bonds is 4. The summed E-state index contributed by atoms with van der Waals surface area (Å²) in [6.07, 6.45) is 0. The molecule has 0 bridgehead atoms. The van der Waals surface area contributed by atoms with Crippen LogP contribution in [-0.4, -0.2) is 25.5 Å². The van der Waals surface area contributed by atoms with E-state index in [1.54, 1.807) is 43.4 Å². The van der Waals surface area contributed by atoms with E-state index in [0.29, 0.717) is 23.7 Å². The molecule has 0 aliphatic carbocycles. The zero-order valence-electron chi connectivity index (χ0n) is 12.6. The van der Waals surface area contributed by atoms with Crippen LogP contribution in [0.1, 0.15) is 6.92 Å². The van der Waals surface area contributed by atoms with Crippen molar-refractivity contribution in [1.82, 2.24) is 0 Å². The normalized spacial score (nSPS) is 9.91. The first-order chi connectivity index (χ1) is 10.6. The van der Waals surface area contributed by atoms with Gasteiger partial charge in [-0.25, -0.2) is 0 Å². The Labute approximate surface area is 129 Å². The molecule has 0 saturated carbocycles. The molecule has 1 N–H and O–H groups in total. The molecule has 22 heavy (non-hydrogen) atoms. The van der Waals surface area contributed by atoms with Crippen LogP contribution < -0.4 is 15.0 Å². The van der Waals surface area contributed by atoms with Crippen LogP contribution in [0.5, 0.6) is 5.75 Å². The van der Waals surface area contributed by atoms with Crippen LogP contribution >= 0.6 is 0 Å². The van der Waals surface area contributed by atoms with Gasteiger partial charge in [0, 0.05) is 18.4 Å². The third-order valence-electron chi connectivity index (χ3n) is 3.07. The van der Waals surface area contributed by atoms with Crippen molar-refractivity contribution >= 4 is 23.2 Å². The van der Waals surface area contributed by atoms with Crippen molar-refractivity contribution in [1.29, 1.82) is 0 Å². The second-order valence-corrected chi connectivity index (χ2v) is 4.61. The number of amides is 2. The van der Waals surface area contributed by atoms with Gasteiger partial charge in [0.05, 0.1) is 6.61 Å². The average molecular weight is 298 g/mol. The topological polar surface area (TPSA) is 58.6 Å². The molecular formula is C17H18N2O3. The monoisotopic (exact) mass is 298 g/mol. The standard InChI is InChI=1S/C17H18N2O3/c1-3-22-15-11-9-13(10-12-15)18-16(20)17(21)19(2)14-7-5-4-6-8-14/h4-12H,3H2,1-2H3,(H,18,20). The fraction of sp³-hybridized carbons (Fsp3) is 0.176. The summed E-state index contributed by atoms with van der Waals surface area (Å²) in [4.78, 5) is 25.4. The molecule has 0 heterocycles. The molecule has 0 unspecified atom stereocenters. The van der Waals surface area contributed by atoms with Crippen LogP contribution in [0.3, 0.4) is 0 Å². The molecule has 2 aromatic carbocycles. The van der Waals surface area contributed by atoms with Gasteiger partial charge in [-0.2, -0.15) is 0 Å². The lowest BCUT2D eigenvalue weighted by atomic mass is 10.2. The Bertz CT molecular complexity index is 639. The van der Waals surface area contributed by atoms with Gasteiger partial charge in [-0.1, -0.05) is 18.2 Å². The molecule has 2 amide bonds. The zero-order chi connectivity index (χ0) is 15.9. The Kier molecular flexibility index (Phi) is 5.14. The van der Waals surface area contributed by atoms with E-state index in [2.05, 4.69) is 5.32 Å². The highest BCUT2D eigenvalue weighted by atomic mass is 16.5. The smallest absolute Gasteiger partial charge is 0.316 e. The van der Waals surface area contributed by atoms with Gasteiger partial charge in [0.25, 0.3) is 0 Å². The summed E-state index contributed by atoms with van der Waals surface area (Å²) in [6, 6.07) is 15.9. The fourth-order valence-corrected chi connectivity index (χ4v) is 1.91. The van der Waals surface area contributed by atoms with E-state index in [1.165, 1.54) is 4.90 Å². The predicted molar refractivity (Wildman–Crippen MR) is 86.1 cm³/mol. The van der Waals surface area contributed by atoms with Crippen LogP contribution in [0, 0.1) is 0 Å². The molecule has 0 saturated heterocycles. The van der Waals surface area contributed by atoms with Crippen molar-refractivity contribution in [3.05, 3.63) is 54.6 Å². The molecule has 0 aromatic heterocycles. The average Bonchev–Trinajstić information content (AvgIpc) is 2.56. The minimum absolute atomic E-state index is 0.545. The Balaban J connectivity index is 2.00. The lowest BCUT2D eigenvalue weighted by Crippen LogP contribution is -2.37. The summed E-state index contributed by atoms with van der Waals surface area (Å²) in [5, 5.41) is 2.58. The Morgan fingerprint density at radius 1 is 1.05 bits per heavy atom. The molecular weight excluding hydrogens is 280 g/mol. The number of nitrogens with zero attached hydrogens (tertiary/aromatic N) is 1. The quantitative estimate of drug-likeness (QED) is 0.883. The van der Waals surface area contributed by atoms with E-state index < -0.39 is 11.8 Å². The summed E-state index contributed by atoms with van der Waals surface area (Å²) in [6.45, 7) is 2.47. The third-order valence-corrected chi connectivity index (χ3v) is 3.07. The highest BCUT2D eigenvalue weighted by Crippen LogP contribution is 2.16. The second kappa shape index (κ2) is 7.26. The first-order valence-corrected chi connectivity index (χ1v) is 6.98. The van der Waals surface area contributed by atoms with Crippen LogP contribution in [0.4, 0.5) is 11.4 Å².